The molecule has 1 aliphatic rings. The zero-order valence-electron chi connectivity index (χ0n) is 18.4. The average Bonchev–Trinajstić information content (AvgIpc) is 3.50. The van der Waals surface area contributed by atoms with Crippen LogP contribution in [-0.4, -0.2) is 60.3 Å². The molecule has 1 saturated heterocycles. The highest BCUT2D eigenvalue weighted by molar-refractivity contribution is 5.88. The van der Waals surface area contributed by atoms with Gasteiger partial charge in [0.15, 0.2) is 11.5 Å². The molecule has 0 aliphatic carbocycles. The summed E-state index contributed by atoms with van der Waals surface area (Å²) in [5.74, 6) is 0.883. The number of aromatic nitrogens is 1. The van der Waals surface area contributed by atoms with Crippen LogP contribution in [-0.2, 0) is 16.0 Å². The molecule has 2 aromatic heterocycles. The Labute approximate surface area is 191 Å². The zero-order chi connectivity index (χ0) is 23.2. The van der Waals surface area contributed by atoms with Gasteiger partial charge in [-0.1, -0.05) is 30.3 Å². The van der Waals surface area contributed by atoms with Crippen molar-refractivity contribution in [3.8, 4) is 17.7 Å². The van der Waals surface area contributed by atoms with E-state index in [9.17, 15) is 14.9 Å². The van der Waals surface area contributed by atoms with Crippen molar-refractivity contribution in [2.75, 3.05) is 37.6 Å². The Kier molecular flexibility index (Phi) is 6.86. The summed E-state index contributed by atoms with van der Waals surface area (Å²) in [6.45, 7) is 4.07. The molecule has 9 nitrogen and oxygen atoms in total. The molecule has 1 N–H and O–H groups in total. The van der Waals surface area contributed by atoms with Gasteiger partial charge >= 0.3 is 0 Å². The van der Waals surface area contributed by atoms with E-state index in [1.165, 1.54) is 13.2 Å². The predicted molar refractivity (Wildman–Crippen MR) is 120 cm³/mol. The third-order valence-corrected chi connectivity index (χ3v) is 5.58. The Morgan fingerprint density at radius 3 is 2.55 bits per heavy atom. The second-order valence-corrected chi connectivity index (χ2v) is 7.95. The van der Waals surface area contributed by atoms with Crippen LogP contribution in [0.15, 0.2) is 57.6 Å². The van der Waals surface area contributed by atoms with Crippen LogP contribution in [0.2, 0.25) is 0 Å². The van der Waals surface area contributed by atoms with Crippen LogP contribution in [0.25, 0.3) is 11.7 Å². The first-order valence-corrected chi connectivity index (χ1v) is 10.8. The van der Waals surface area contributed by atoms with Gasteiger partial charge in [-0.05, 0) is 31.0 Å². The molecule has 9 heteroatoms. The lowest BCUT2D eigenvalue weighted by Crippen LogP contribution is -2.51. The second kappa shape index (κ2) is 10.1. The highest BCUT2D eigenvalue weighted by Gasteiger charge is 2.27. The topological polar surface area (TPSA) is 116 Å². The molecule has 0 bridgehead atoms. The highest BCUT2D eigenvalue weighted by atomic mass is 16.4. The Hall–Kier alpha value is -3.90. The largest absolute Gasteiger partial charge is 0.459 e. The van der Waals surface area contributed by atoms with Crippen molar-refractivity contribution >= 4 is 17.6 Å². The van der Waals surface area contributed by atoms with Gasteiger partial charge in [0.2, 0.25) is 17.5 Å². The number of carbonyl (C=O) groups is 2. The Bertz CT molecular complexity index is 1130. The quantitative estimate of drug-likeness (QED) is 0.559. The van der Waals surface area contributed by atoms with Crippen LogP contribution in [0.5, 0.6) is 0 Å². The number of amides is 1. The first-order valence-electron chi connectivity index (χ1n) is 10.8. The van der Waals surface area contributed by atoms with E-state index in [1.54, 1.807) is 12.1 Å². The number of hydrogen-bond donors (Lipinski definition) is 1. The second-order valence-electron chi connectivity index (χ2n) is 7.95. The van der Waals surface area contributed by atoms with Crippen LogP contribution in [0, 0.1) is 11.3 Å². The minimum atomic E-state index is -0.548. The number of rotatable bonds is 8. The molecule has 1 aliphatic heterocycles. The molecule has 1 aromatic carbocycles. The molecule has 0 spiro atoms. The van der Waals surface area contributed by atoms with Crippen LogP contribution >= 0.6 is 0 Å². The molecule has 33 heavy (non-hydrogen) atoms. The Morgan fingerprint density at radius 1 is 1.15 bits per heavy atom. The highest BCUT2D eigenvalue weighted by Crippen LogP contribution is 2.29. The summed E-state index contributed by atoms with van der Waals surface area (Å²) in [6, 6.07) is 14.6. The Morgan fingerprint density at radius 2 is 1.91 bits per heavy atom. The van der Waals surface area contributed by atoms with Gasteiger partial charge in [-0.3, -0.25) is 14.5 Å². The van der Waals surface area contributed by atoms with Crippen LogP contribution < -0.4 is 10.2 Å². The van der Waals surface area contributed by atoms with Crippen LogP contribution in [0.3, 0.4) is 0 Å². The minimum absolute atomic E-state index is 0.0706. The van der Waals surface area contributed by atoms with Gasteiger partial charge in [-0.2, -0.15) is 10.2 Å². The van der Waals surface area contributed by atoms with E-state index in [1.807, 2.05) is 40.1 Å². The number of carbonyl (C=O) groups excluding carboxylic acids is 2. The summed E-state index contributed by atoms with van der Waals surface area (Å²) >= 11 is 0. The van der Waals surface area contributed by atoms with Crippen molar-refractivity contribution in [3.05, 3.63) is 60.0 Å². The van der Waals surface area contributed by atoms with Gasteiger partial charge in [0.05, 0.1) is 18.8 Å². The van der Waals surface area contributed by atoms with Gasteiger partial charge in [-0.15, -0.1) is 0 Å². The number of benzene rings is 1. The van der Waals surface area contributed by atoms with E-state index >= 15 is 0 Å². The molecule has 1 fully saturated rings. The molecule has 1 unspecified atom stereocenters. The first-order chi connectivity index (χ1) is 16.0. The van der Waals surface area contributed by atoms with Crippen molar-refractivity contribution < 1.29 is 18.4 Å². The number of oxazole rings is 1. The summed E-state index contributed by atoms with van der Waals surface area (Å²) in [6.07, 6.45) is 1.99. The van der Waals surface area contributed by atoms with Crippen molar-refractivity contribution in [1.29, 1.82) is 5.26 Å². The SMILES string of the molecule is CC(=O)C(Cc1ccccc1)NC(=O)CN1CCN(c2oc(-c3ccco3)nc2C#N)CC1. The van der Waals surface area contributed by atoms with Crippen molar-refractivity contribution in [3.63, 3.8) is 0 Å². The lowest BCUT2D eigenvalue weighted by atomic mass is 10.0. The Balaban J connectivity index is 1.31. The number of ketones is 1. The van der Waals surface area contributed by atoms with Gasteiger partial charge < -0.3 is 19.1 Å². The van der Waals surface area contributed by atoms with E-state index in [0.29, 0.717) is 44.2 Å². The standard InChI is InChI=1S/C24H25N5O4/c1-17(30)19(14-18-6-3-2-4-7-18)26-22(31)16-28-9-11-29(12-10-28)24-20(15-25)27-23(33-24)21-8-5-13-32-21/h2-8,13,19H,9-12,14,16H2,1H3,(H,26,31). The fourth-order valence-electron chi connectivity index (χ4n) is 3.80. The van der Waals surface area contributed by atoms with E-state index in [0.717, 1.165) is 5.56 Å². The monoisotopic (exact) mass is 447 g/mol. The minimum Gasteiger partial charge on any atom is -0.459 e. The lowest BCUT2D eigenvalue weighted by molar-refractivity contribution is -0.127. The van der Waals surface area contributed by atoms with Crippen LogP contribution in [0.4, 0.5) is 5.88 Å². The zero-order valence-corrected chi connectivity index (χ0v) is 18.4. The van der Waals surface area contributed by atoms with Crippen molar-refractivity contribution in [2.45, 2.75) is 19.4 Å². The molecule has 3 aromatic rings. The summed E-state index contributed by atoms with van der Waals surface area (Å²) in [5, 5.41) is 12.3. The average molecular weight is 447 g/mol. The fourth-order valence-corrected chi connectivity index (χ4v) is 3.80. The predicted octanol–water partition coefficient (Wildman–Crippen LogP) is 2.24. The van der Waals surface area contributed by atoms with E-state index < -0.39 is 6.04 Å². The number of piperazine rings is 1. The summed E-state index contributed by atoms with van der Waals surface area (Å²) in [7, 11) is 0. The van der Waals surface area contributed by atoms with Gasteiger partial charge in [0.25, 0.3) is 5.89 Å². The third kappa shape index (κ3) is 5.48. The summed E-state index contributed by atoms with van der Waals surface area (Å²) in [5.41, 5.74) is 1.21. The number of hydrogen-bond acceptors (Lipinski definition) is 8. The number of anilines is 1. The third-order valence-electron chi connectivity index (χ3n) is 5.58. The molecule has 170 valence electrons. The molecule has 0 saturated carbocycles. The number of nitrogens with one attached hydrogen (secondary N) is 1. The van der Waals surface area contributed by atoms with E-state index in [-0.39, 0.29) is 29.8 Å². The normalized spacial score (nSPS) is 15.1. The van der Waals surface area contributed by atoms with E-state index in [4.69, 9.17) is 8.83 Å². The molecular formula is C24H25N5O4. The number of Topliss-reactive ketones (excluding diaryl/α,β-unsaturated/α-hetero) is 1. The molecule has 0 radical (unpaired) electrons. The van der Waals surface area contributed by atoms with E-state index in [2.05, 4.69) is 16.4 Å². The molecular weight excluding hydrogens is 422 g/mol. The van der Waals surface area contributed by atoms with Gasteiger partial charge in [0.1, 0.15) is 6.07 Å². The van der Waals surface area contributed by atoms with Crippen molar-refractivity contribution in [2.24, 2.45) is 0 Å². The fraction of sp³-hybridized carbons (Fsp3) is 0.333. The maximum absolute atomic E-state index is 12.6. The number of nitriles is 1. The van der Waals surface area contributed by atoms with Crippen LogP contribution in [0.1, 0.15) is 18.2 Å². The molecule has 4 rings (SSSR count). The molecule has 1 amide bonds. The van der Waals surface area contributed by atoms with Gasteiger partial charge in [-0.25, -0.2) is 0 Å². The molecule has 1 atom stereocenters. The van der Waals surface area contributed by atoms with Crippen molar-refractivity contribution in [1.82, 2.24) is 15.2 Å². The number of furan rings is 1. The maximum atomic E-state index is 12.6. The molecule has 3 heterocycles. The smallest absolute Gasteiger partial charge is 0.266 e. The maximum Gasteiger partial charge on any atom is 0.266 e. The lowest BCUT2D eigenvalue weighted by Gasteiger charge is -2.34. The first kappa shape index (κ1) is 22.3. The summed E-state index contributed by atoms with van der Waals surface area (Å²) < 4.78 is 11.1. The number of nitrogens with zero attached hydrogens (tertiary/aromatic N) is 4. The summed E-state index contributed by atoms with van der Waals surface area (Å²) in [4.78, 5) is 32.8. The van der Waals surface area contributed by atoms with Gasteiger partial charge in [0, 0.05) is 26.2 Å².